The molecule has 0 radical (unpaired) electrons. The molecule has 0 spiro atoms. The Morgan fingerprint density at radius 2 is 1.57 bits per heavy atom. The van der Waals surface area contributed by atoms with Gasteiger partial charge in [0.15, 0.2) is 5.78 Å². The minimum Gasteiger partial charge on any atom is -0.543 e. The molecule has 0 heterocycles. The summed E-state index contributed by atoms with van der Waals surface area (Å²) in [6.45, 7) is 13.0. The number of carbonyl (C=O) groups excluding carboxylic acids is 1. The summed E-state index contributed by atoms with van der Waals surface area (Å²) in [5, 5.41) is 0.0652. The van der Waals surface area contributed by atoms with Gasteiger partial charge < -0.3 is 9.33 Å². The summed E-state index contributed by atoms with van der Waals surface area (Å²) in [7, 11) is 1.87. The summed E-state index contributed by atoms with van der Waals surface area (Å²) >= 11 is 0. The Bertz CT molecular complexity index is 859. The first-order valence-corrected chi connectivity index (χ1v) is 12.6. The second-order valence-corrected chi connectivity index (χ2v) is 13.7. The summed E-state index contributed by atoms with van der Waals surface area (Å²) in [6.07, 6.45) is 1.71. The molecule has 0 bridgehead atoms. The average Bonchev–Trinajstić information content (AvgIpc) is 2.59. The molecule has 0 unspecified atom stereocenters. The third kappa shape index (κ3) is 5.13. The van der Waals surface area contributed by atoms with E-state index in [0.717, 1.165) is 11.3 Å². The van der Waals surface area contributed by atoms with Gasteiger partial charge in [-0.15, -0.1) is 0 Å². The number of rotatable bonds is 6. The van der Waals surface area contributed by atoms with E-state index in [9.17, 15) is 4.79 Å². The molecule has 0 aliphatic heterocycles. The molecule has 4 heteroatoms. The molecule has 0 fully saturated rings. The highest BCUT2D eigenvalue weighted by atomic mass is 28.4. The van der Waals surface area contributed by atoms with Crippen LogP contribution in [0.25, 0.3) is 5.70 Å². The van der Waals surface area contributed by atoms with Crippen molar-refractivity contribution in [1.82, 2.24) is 4.90 Å². The Labute approximate surface area is 171 Å². The number of aryl methyl sites for hydroxylation is 1. The fourth-order valence-corrected chi connectivity index (χ4v) is 3.62. The topological polar surface area (TPSA) is 29.5 Å². The fraction of sp³-hybridized carbons (Fsp3) is 0.375. The van der Waals surface area contributed by atoms with E-state index in [1.165, 1.54) is 5.56 Å². The highest BCUT2D eigenvalue weighted by Gasteiger charge is 2.39. The van der Waals surface area contributed by atoms with Gasteiger partial charge >= 0.3 is 0 Å². The van der Waals surface area contributed by atoms with Crippen LogP contribution < -0.4 is 4.43 Å². The molecule has 3 nitrogen and oxygen atoms in total. The maximum Gasteiger partial charge on any atom is 0.250 e. The van der Waals surface area contributed by atoms with Crippen LogP contribution >= 0.6 is 0 Å². The largest absolute Gasteiger partial charge is 0.543 e. The zero-order chi connectivity index (χ0) is 21.1. The Balaban J connectivity index is 2.43. The number of carbonyl (C=O) groups is 1. The molecule has 0 aliphatic rings. The van der Waals surface area contributed by atoms with Gasteiger partial charge in [0.25, 0.3) is 8.32 Å². The van der Waals surface area contributed by atoms with Gasteiger partial charge in [-0.25, -0.2) is 0 Å². The van der Waals surface area contributed by atoms with E-state index >= 15 is 0 Å². The molecular formula is C24H33NO2Si. The van der Waals surface area contributed by atoms with E-state index in [1.54, 1.807) is 6.08 Å². The second-order valence-electron chi connectivity index (χ2n) is 9.01. The molecule has 0 N–H and O–H groups in total. The Morgan fingerprint density at radius 3 is 2.11 bits per heavy atom. The minimum atomic E-state index is -2.04. The lowest BCUT2D eigenvalue weighted by Gasteiger charge is -2.36. The number of ketones is 1. The molecular weight excluding hydrogens is 362 g/mol. The highest BCUT2D eigenvalue weighted by molar-refractivity contribution is 6.74. The molecule has 0 atom stereocenters. The smallest absolute Gasteiger partial charge is 0.250 e. The summed E-state index contributed by atoms with van der Waals surface area (Å²) in [5.41, 5.74) is 3.71. The lowest BCUT2D eigenvalue weighted by Crippen LogP contribution is -2.44. The molecule has 2 aromatic carbocycles. The summed E-state index contributed by atoms with van der Waals surface area (Å²) < 4.78 is 6.46. The third-order valence-electron chi connectivity index (χ3n) is 5.42. The molecule has 0 saturated heterocycles. The van der Waals surface area contributed by atoms with Gasteiger partial charge in [-0.2, -0.15) is 0 Å². The quantitative estimate of drug-likeness (QED) is 0.333. The van der Waals surface area contributed by atoms with Crippen LogP contribution in [-0.2, 0) is 0 Å². The predicted molar refractivity (Wildman–Crippen MR) is 121 cm³/mol. The van der Waals surface area contributed by atoms with E-state index in [-0.39, 0.29) is 10.8 Å². The van der Waals surface area contributed by atoms with Crippen molar-refractivity contribution in [3.05, 3.63) is 71.3 Å². The van der Waals surface area contributed by atoms with Crippen LogP contribution in [0, 0.1) is 6.92 Å². The maximum absolute atomic E-state index is 13.2. The number of nitrogens with zero attached hydrogens (tertiary/aromatic N) is 1. The van der Waals surface area contributed by atoms with Crippen molar-refractivity contribution < 1.29 is 9.22 Å². The number of benzene rings is 2. The number of hydrogen-bond donors (Lipinski definition) is 0. The van der Waals surface area contributed by atoms with Crippen LogP contribution in [-0.4, -0.2) is 33.1 Å². The zero-order valence-corrected chi connectivity index (χ0v) is 19.5. The predicted octanol–water partition coefficient (Wildman–Crippen LogP) is 6.16. The standard InChI is InChI=1S/C24H33NO2Si/c1-18-13-15-19(16-14-18)21(25(5)6)17-22(26)20-11-9-10-12-23(20)27-28(7,8)24(2,3)4/h9-17H,1-8H3/b21-17-. The van der Waals surface area contributed by atoms with Gasteiger partial charge in [0, 0.05) is 25.9 Å². The molecule has 28 heavy (non-hydrogen) atoms. The van der Waals surface area contributed by atoms with Crippen LogP contribution in [0.15, 0.2) is 54.6 Å². The van der Waals surface area contributed by atoms with Crippen LogP contribution in [0.5, 0.6) is 5.75 Å². The van der Waals surface area contributed by atoms with Gasteiger partial charge in [0.05, 0.1) is 5.56 Å². The molecule has 0 aliphatic carbocycles. The van der Waals surface area contributed by atoms with Gasteiger partial charge in [0.2, 0.25) is 0 Å². The van der Waals surface area contributed by atoms with Gasteiger partial charge in [-0.05, 0) is 42.8 Å². The number of hydrogen-bond acceptors (Lipinski definition) is 3. The Kier molecular flexibility index (Phi) is 6.55. The number of para-hydroxylation sites is 1. The molecule has 150 valence electrons. The first kappa shape index (κ1) is 22.0. The lowest BCUT2D eigenvalue weighted by molar-refractivity contribution is 0.104. The summed E-state index contributed by atoms with van der Waals surface area (Å²) in [6, 6.07) is 15.8. The highest BCUT2D eigenvalue weighted by Crippen LogP contribution is 2.38. The summed E-state index contributed by atoms with van der Waals surface area (Å²) in [4.78, 5) is 15.2. The van der Waals surface area contributed by atoms with E-state index < -0.39 is 8.32 Å². The fourth-order valence-electron chi connectivity index (χ4n) is 2.58. The molecule has 0 amide bonds. The van der Waals surface area contributed by atoms with Crippen LogP contribution in [0.1, 0.15) is 42.3 Å². The van der Waals surface area contributed by atoms with Crippen molar-refractivity contribution in [2.24, 2.45) is 0 Å². The van der Waals surface area contributed by atoms with Crippen molar-refractivity contribution in [1.29, 1.82) is 0 Å². The Hall–Kier alpha value is -2.33. The van der Waals surface area contributed by atoms with E-state index in [2.05, 4.69) is 52.9 Å². The third-order valence-corrected chi connectivity index (χ3v) is 9.76. The Morgan fingerprint density at radius 1 is 1.00 bits per heavy atom. The molecule has 0 aromatic heterocycles. The van der Waals surface area contributed by atoms with E-state index in [0.29, 0.717) is 11.3 Å². The molecule has 2 aromatic rings. The van der Waals surface area contributed by atoms with Crippen LogP contribution in [0.4, 0.5) is 0 Å². The van der Waals surface area contributed by atoms with E-state index in [4.69, 9.17) is 4.43 Å². The SMILES string of the molecule is Cc1ccc(/C(=C/C(=O)c2ccccc2O[Si](C)(C)C(C)(C)C)N(C)C)cc1. The van der Waals surface area contributed by atoms with E-state index in [1.807, 2.05) is 55.4 Å². The van der Waals surface area contributed by atoms with Crippen LogP contribution in [0.3, 0.4) is 0 Å². The average molecular weight is 396 g/mol. The van der Waals surface area contributed by atoms with Crippen molar-refractivity contribution in [2.75, 3.05) is 14.1 Å². The van der Waals surface area contributed by atoms with Gasteiger partial charge in [-0.1, -0.05) is 62.7 Å². The first-order valence-electron chi connectivity index (χ1n) is 9.71. The zero-order valence-electron chi connectivity index (χ0n) is 18.5. The normalized spacial score (nSPS) is 12.6. The monoisotopic (exact) mass is 395 g/mol. The maximum atomic E-state index is 13.2. The van der Waals surface area contributed by atoms with Crippen molar-refractivity contribution in [3.8, 4) is 5.75 Å². The van der Waals surface area contributed by atoms with Crippen LogP contribution in [0.2, 0.25) is 18.1 Å². The second kappa shape index (κ2) is 8.35. The number of allylic oxidation sites excluding steroid dienone is 1. The van der Waals surface area contributed by atoms with Crippen molar-refractivity contribution in [2.45, 2.75) is 45.8 Å². The lowest BCUT2D eigenvalue weighted by atomic mass is 10.0. The summed E-state index contributed by atoms with van der Waals surface area (Å²) in [5.74, 6) is 0.635. The first-order chi connectivity index (χ1) is 12.9. The minimum absolute atomic E-state index is 0.0430. The van der Waals surface area contributed by atoms with Gasteiger partial charge in [-0.3, -0.25) is 4.79 Å². The molecule has 0 saturated carbocycles. The van der Waals surface area contributed by atoms with Gasteiger partial charge in [0.1, 0.15) is 5.75 Å². The molecule has 2 rings (SSSR count). The van der Waals surface area contributed by atoms with Crippen molar-refractivity contribution in [3.63, 3.8) is 0 Å². The van der Waals surface area contributed by atoms with Crippen molar-refractivity contribution >= 4 is 19.8 Å².